The van der Waals surface area contributed by atoms with Gasteiger partial charge in [0.15, 0.2) is 0 Å². The second kappa shape index (κ2) is 9.37. The minimum atomic E-state index is 0.0856. The van der Waals surface area contributed by atoms with Crippen LogP contribution in [0.1, 0.15) is 18.5 Å². The maximum Gasteiger partial charge on any atom is 0.224 e. The zero-order chi connectivity index (χ0) is 20.1. The standard InChI is InChI=1S/C21H29N5O3/c1-28-10-8-22-21(27)20-14-25-9-7-16(20)11-18(25)13-26-12-17(23-24-26)15-29-19-5-3-2-4-6-19/h2-6,12,16,18,20H,7-11,13-15H2,1H3,(H,22,27)/t16-,18+,20-/m0/s1. The Kier molecular flexibility index (Phi) is 6.41. The highest BCUT2D eigenvalue weighted by Crippen LogP contribution is 2.36. The quantitative estimate of drug-likeness (QED) is 0.641. The number of rotatable bonds is 9. The molecule has 4 heterocycles. The summed E-state index contributed by atoms with van der Waals surface area (Å²) in [5.41, 5.74) is 0.820. The van der Waals surface area contributed by atoms with Crippen LogP contribution in [0.25, 0.3) is 0 Å². The lowest BCUT2D eigenvalue weighted by Crippen LogP contribution is -2.58. The Labute approximate surface area is 171 Å². The van der Waals surface area contributed by atoms with Gasteiger partial charge < -0.3 is 14.8 Å². The number of fused-ring (bicyclic) bond motifs is 3. The molecule has 8 heteroatoms. The van der Waals surface area contributed by atoms with Gasteiger partial charge in [-0.15, -0.1) is 5.10 Å². The van der Waals surface area contributed by atoms with Crippen molar-refractivity contribution in [1.82, 2.24) is 25.2 Å². The fraction of sp³-hybridized carbons (Fsp3) is 0.571. The van der Waals surface area contributed by atoms with Crippen LogP contribution in [0.3, 0.4) is 0 Å². The first-order chi connectivity index (χ1) is 14.2. The summed E-state index contributed by atoms with van der Waals surface area (Å²) in [5, 5.41) is 11.5. The van der Waals surface area contributed by atoms with E-state index in [1.54, 1.807) is 7.11 Å². The van der Waals surface area contributed by atoms with Crippen LogP contribution in [0.15, 0.2) is 36.5 Å². The summed E-state index contributed by atoms with van der Waals surface area (Å²) in [4.78, 5) is 14.9. The van der Waals surface area contributed by atoms with Crippen molar-refractivity contribution in [2.24, 2.45) is 11.8 Å². The summed E-state index contributed by atoms with van der Waals surface area (Å²) in [6.45, 7) is 4.22. The molecule has 4 atom stereocenters. The average Bonchev–Trinajstić information content (AvgIpc) is 3.21. The normalized spacial score (nSPS) is 25.7. The molecule has 8 nitrogen and oxygen atoms in total. The smallest absolute Gasteiger partial charge is 0.224 e. The lowest BCUT2D eigenvalue weighted by atomic mass is 9.75. The third kappa shape index (κ3) is 4.94. The van der Waals surface area contributed by atoms with E-state index in [-0.39, 0.29) is 11.8 Å². The first-order valence-corrected chi connectivity index (χ1v) is 10.3. The van der Waals surface area contributed by atoms with Crippen molar-refractivity contribution >= 4 is 5.91 Å². The molecule has 0 radical (unpaired) electrons. The number of nitrogens with zero attached hydrogens (tertiary/aromatic N) is 4. The molecule has 2 aromatic rings. The number of hydrogen-bond acceptors (Lipinski definition) is 6. The minimum Gasteiger partial charge on any atom is -0.487 e. The van der Waals surface area contributed by atoms with E-state index in [9.17, 15) is 4.79 Å². The molecule has 5 rings (SSSR count). The van der Waals surface area contributed by atoms with Gasteiger partial charge in [-0.25, -0.2) is 0 Å². The van der Waals surface area contributed by atoms with Crippen molar-refractivity contribution < 1.29 is 14.3 Å². The first kappa shape index (κ1) is 19.8. The SMILES string of the molecule is COCCNC(=O)[C@H]1CN2CC[C@H]1C[C@@H]2Cn1cc(COc2ccccc2)nn1. The number of ether oxygens (including phenoxy) is 2. The number of methoxy groups -OCH3 is 1. The molecule has 3 aliphatic rings. The van der Waals surface area contributed by atoms with E-state index in [4.69, 9.17) is 9.47 Å². The molecule has 3 fully saturated rings. The summed E-state index contributed by atoms with van der Waals surface area (Å²) in [6.07, 6.45) is 4.08. The number of carbonyl (C=O) groups excluding carboxylic acids is 1. The van der Waals surface area contributed by atoms with Crippen molar-refractivity contribution in [3.63, 3.8) is 0 Å². The number of aromatic nitrogens is 3. The van der Waals surface area contributed by atoms with Gasteiger partial charge in [0.05, 0.1) is 25.3 Å². The monoisotopic (exact) mass is 399 g/mol. The second-order valence-electron chi connectivity index (χ2n) is 7.86. The van der Waals surface area contributed by atoms with Gasteiger partial charge in [0.1, 0.15) is 18.1 Å². The Morgan fingerprint density at radius 3 is 2.93 bits per heavy atom. The fourth-order valence-electron chi connectivity index (χ4n) is 4.42. The van der Waals surface area contributed by atoms with E-state index in [1.807, 2.05) is 41.2 Å². The van der Waals surface area contributed by atoms with Crippen molar-refractivity contribution in [3.05, 3.63) is 42.2 Å². The predicted molar refractivity (Wildman–Crippen MR) is 107 cm³/mol. The topological polar surface area (TPSA) is 81.5 Å². The van der Waals surface area contributed by atoms with Gasteiger partial charge in [0, 0.05) is 26.2 Å². The molecule has 1 unspecified atom stereocenters. The van der Waals surface area contributed by atoms with E-state index in [2.05, 4.69) is 20.5 Å². The molecule has 156 valence electrons. The third-order valence-electron chi connectivity index (χ3n) is 5.93. The van der Waals surface area contributed by atoms with Gasteiger partial charge in [0.25, 0.3) is 0 Å². The Bertz CT molecular complexity index is 797. The summed E-state index contributed by atoms with van der Waals surface area (Å²) >= 11 is 0. The van der Waals surface area contributed by atoms with Crippen LogP contribution in [0.4, 0.5) is 0 Å². The first-order valence-electron chi connectivity index (χ1n) is 10.3. The molecular weight excluding hydrogens is 370 g/mol. The molecular formula is C21H29N5O3. The van der Waals surface area contributed by atoms with Crippen LogP contribution < -0.4 is 10.1 Å². The van der Waals surface area contributed by atoms with Gasteiger partial charge in [-0.2, -0.15) is 0 Å². The Hall–Kier alpha value is -2.45. The number of benzene rings is 1. The Balaban J connectivity index is 1.28. The summed E-state index contributed by atoms with van der Waals surface area (Å²) in [6, 6.07) is 10.1. The van der Waals surface area contributed by atoms with Crippen LogP contribution in [0, 0.1) is 11.8 Å². The number of hydrogen-bond donors (Lipinski definition) is 1. The molecule has 3 aliphatic heterocycles. The zero-order valence-electron chi connectivity index (χ0n) is 16.9. The number of amides is 1. The van der Waals surface area contributed by atoms with Gasteiger partial charge in [-0.3, -0.25) is 14.4 Å². The molecule has 29 heavy (non-hydrogen) atoms. The third-order valence-corrected chi connectivity index (χ3v) is 5.93. The van der Waals surface area contributed by atoms with Crippen LogP contribution in [0.2, 0.25) is 0 Å². The van der Waals surface area contributed by atoms with E-state index in [0.29, 0.717) is 31.7 Å². The van der Waals surface area contributed by atoms with E-state index < -0.39 is 0 Å². The van der Waals surface area contributed by atoms with Gasteiger partial charge >= 0.3 is 0 Å². The van der Waals surface area contributed by atoms with Gasteiger partial charge in [-0.05, 0) is 37.4 Å². The average molecular weight is 399 g/mol. The van der Waals surface area contributed by atoms with E-state index in [1.165, 1.54) is 0 Å². The Morgan fingerprint density at radius 1 is 1.31 bits per heavy atom. The zero-order valence-corrected chi connectivity index (χ0v) is 16.9. The molecule has 0 aliphatic carbocycles. The fourth-order valence-corrected chi connectivity index (χ4v) is 4.42. The molecule has 2 bridgehead atoms. The lowest BCUT2D eigenvalue weighted by Gasteiger charge is -2.49. The van der Waals surface area contributed by atoms with Gasteiger partial charge in [-0.1, -0.05) is 23.4 Å². The highest BCUT2D eigenvalue weighted by Gasteiger charge is 2.43. The number of para-hydroxylation sites is 1. The molecule has 3 saturated heterocycles. The number of carbonyl (C=O) groups is 1. The van der Waals surface area contributed by atoms with Crippen LogP contribution >= 0.6 is 0 Å². The van der Waals surface area contributed by atoms with E-state index >= 15 is 0 Å². The molecule has 0 saturated carbocycles. The number of nitrogens with one attached hydrogen (secondary N) is 1. The van der Waals surface area contributed by atoms with Crippen molar-refractivity contribution in [3.8, 4) is 5.75 Å². The van der Waals surface area contributed by atoms with Crippen molar-refractivity contribution in [1.29, 1.82) is 0 Å². The summed E-state index contributed by atoms with van der Waals surface area (Å²) in [5.74, 6) is 1.52. The molecule has 0 spiro atoms. The molecule has 1 aromatic heterocycles. The lowest BCUT2D eigenvalue weighted by molar-refractivity contribution is -0.133. The minimum absolute atomic E-state index is 0.0856. The second-order valence-corrected chi connectivity index (χ2v) is 7.86. The highest BCUT2D eigenvalue weighted by molar-refractivity contribution is 5.79. The maximum atomic E-state index is 12.5. The van der Waals surface area contributed by atoms with Crippen LogP contribution in [0.5, 0.6) is 5.75 Å². The van der Waals surface area contributed by atoms with Crippen molar-refractivity contribution in [2.45, 2.75) is 32.0 Å². The van der Waals surface area contributed by atoms with Crippen molar-refractivity contribution in [2.75, 3.05) is 33.4 Å². The summed E-state index contributed by atoms with van der Waals surface area (Å²) < 4.78 is 12.7. The molecule has 1 N–H and O–H groups in total. The van der Waals surface area contributed by atoms with E-state index in [0.717, 1.165) is 43.9 Å². The highest BCUT2D eigenvalue weighted by atomic mass is 16.5. The molecule has 1 aromatic carbocycles. The largest absolute Gasteiger partial charge is 0.487 e. The van der Waals surface area contributed by atoms with Crippen LogP contribution in [-0.4, -0.2) is 65.2 Å². The summed E-state index contributed by atoms with van der Waals surface area (Å²) in [7, 11) is 1.65. The molecule has 1 amide bonds. The Morgan fingerprint density at radius 2 is 2.17 bits per heavy atom. The maximum absolute atomic E-state index is 12.5. The number of piperidine rings is 3. The van der Waals surface area contributed by atoms with Gasteiger partial charge in [0.2, 0.25) is 5.91 Å². The van der Waals surface area contributed by atoms with Crippen LogP contribution in [-0.2, 0) is 22.7 Å². The predicted octanol–water partition coefficient (Wildman–Crippen LogP) is 1.33.